The van der Waals surface area contributed by atoms with E-state index >= 15 is 0 Å². The minimum absolute atomic E-state index is 0.315. The van der Waals surface area contributed by atoms with E-state index < -0.39 is 0 Å². The number of benzene rings is 1. The summed E-state index contributed by atoms with van der Waals surface area (Å²) in [5, 5.41) is 14.2. The number of aryl methyl sites for hydroxylation is 1. The molecule has 0 spiro atoms. The Hall–Kier alpha value is -1.61. The van der Waals surface area contributed by atoms with Crippen molar-refractivity contribution in [2.45, 2.75) is 31.8 Å². The first-order valence-corrected chi connectivity index (χ1v) is 6.35. The molecule has 18 heavy (non-hydrogen) atoms. The van der Waals surface area contributed by atoms with E-state index in [0.29, 0.717) is 12.3 Å². The number of nitrogens with zero attached hydrogens (tertiary/aromatic N) is 2. The molecular weight excluding hydrogens is 224 g/mol. The number of aromatic nitrogens is 2. The van der Waals surface area contributed by atoms with Crippen LogP contribution in [0.4, 0.5) is 0 Å². The van der Waals surface area contributed by atoms with Crippen LogP contribution in [0.2, 0.25) is 0 Å². The van der Waals surface area contributed by atoms with Crippen molar-refractivity contribution in [3.8, 4) is 0 Å². The minimum Gasteiger partial charge on any atom is -0.393 e. The van der Waals surface area contributed by atoms with E-state index in [-0.39, 0.29) is 6.10 Å². The van der Waals surface area contributed by atoms with E-state index in [1.165, 1.54) is 5.56 Å². The minimum atomic E-state index is -0.315. The third kappa shape index (κ3) is 3.44. The Kier molecular flexibility index (Phi) is 4.15. The molecule has 3 nitrogen and oxygen atoms in total. The van der Waals surface area contributed by atoms with E-state index in [2.05, 4.69) is 24.2 Å². The molecule has 3 heteroatoms. The average molecular weight is 244 g/mol. The highest BCUT2D eigenvalue weighted by molar-refractivity contribution is 5.19. The zero-order chi connectivity index (χ0) is 13.0. The molecule has 0 radical (unpaired) electrons. The third-order valence-corrected chi connectivity index (χ3v) is 3.22. The molecule has 2 aromatic rings. The molecule has 0 saturated carbocycles. The van der Waals surface area contributed by atoms with Gasteiger partial charge in [0.05, 0.1) is 12.3 Å². The lowest BCUT2D eigenvalue weighted by Crippen LogP contribution is -2.13. The average Bonchev–Trinajstić information content (AvgIpc) is 2.75. The molecule has 0 saturated heterocycles. The van der Waals surface area contributed by atoms with Crippen molar-refractivity contribution in [1.82, 2.24) is 9.78 Å². The van der Waals surface area contributed by atoms with E-state index in [1.807, 2.05) is 37.6 Å². The van der Waals surface area contributed by atoms with E-state index in [4.69, 9.17) is 0 Å². The summed E-state index contributed by atoms with van der Waals surface area (Å²) in [6, 6.07) is 10.3. The SMILES string of the molecule is CC(CC(O)Cc1cnn(C)c1)c1ccccc1. The van der Waals surface area contributed by atoms with Crippen molar-refractivity contribution in [3.05, 3.63) is 53.9 Å². The number of aliphatic hydroxyl groups excluding tert-OH is 1. The maximum Gasteiger partial charge on any atom is 0.0587 e. The fourth-order valence-electron chi connectivity index (χ4n) is 2.26. The zero-order valence-electron chi connectivity index (χ0n) is 11.0. The molecule has 2 unspecified atom stereocenters. The summed E-state index contributed by atoms with van der Waals surface area (Å²) >= 11 is 0. The van der Waals surface area contributed by atoms with Gasteiger partial charge in [-0.2, -0.15) is 5.10 Å². The second-order valence-corrected chi connectivity index (χ2v) is 4.93. The number of aliphatic hydroxyl groups is 1. The number of hydrogen-bond acceptors (Lipinski definition) is 2. The summed E-state index contributed by atoms with van der Waals surface area (Å²) in [7, 11) is 1.89. The van der Waals surface area contributed by atoms with Crippen LogP contribution in [0.25, 0.3) is 0 Å². The highest BCUT2D eigenvalue weighted by Crippen LogP contribution is 2.21. The first-order chi connectivity index (χ1) is 8.65. The highest BCUT2D eigenvalue weighted by atomic mass is 16.3. The van der Waals surface area contributed by atoms with Crippen LogP contribution in [-0.4, -0.2) is 21.0 Å². The van der Waals surface area contributed by atoms with Gasteiger partial charge in [-0.1, -0.05) is 37.3 Å². The van der Waals surface area contributed by atoms with Gasteiger partial charge in [0.1, 0.15) is 0 Å². The summed E-state index contributed by atoms with van der Waals surface area (Å²) in [4.78, 5) is 0. The van der Waals surface area contributed by atoms with Crippen LogP contribution < -0.4 is 0 Å². The molecule has 2 rings (SSSR count). The Bertz CT molecular complexity index is 478. The van der Waals surface area contributed by atoms with Crippen LogP contribution in [-0.2, 0) is 13.5 Å². The van der Waals surface area contributed by atoms with E-state index in [0.717, 1.165) is 12.0 Å². The van der Waals surface area contributed by atoms with Gasteiger partial charge in [-0.05, 0) is 23.5 Å². The van der Waals surface area contributed by atoms with Gasteiger partial charge in [-0.15, -0.1) is 0 Å². The second-order valence-electron chi connectivity index (χ2n) is 4.93. The predicted molar refractivity (Wildman–Crippen MR) is 72.4 cm³/mol. The quantitative estimate of drug-likeness (QED) is 0.877. The Balaban J connectivity index is 1.89. The molecule has 2 atom stereocenters. The lowest BCUT2D eigenvalue weighted by Gasteiger charge is -2.16. The van der Waals surface area contributed by atoms with Gasteiger partial charge in [-0.25, -0.2) is 0 Å². The molecule has 0 amide bonds. The summed E-state index contributed by atoms with van der Waals surface area (Å²) < 4.78 is 1.77. The van der Waals surface area contributed by atoms with Gasteiger partial charge >= 0.3 is 0 Å². The molecule has 1 heterocycles. The van der Waals surface area contributed by atoms with Gasteiger partial charge in [0, 0.05) is 19.7 Å². The lowest BCUT2D eigenvalue weighted by atomic mass is 9.93. The maximum atomic E-state index is 10.1. The van der Waals surface area contributed by atoms with Crippen LogP contribution in [0.1, 0.15) is 30.4 Å². The molecular formula is C15H20N2O. The Morgan fingerprint density at radius 1 is 1.28 bits per heavy atom. The van der Waals surface area contributed by atoms with Crippen molar-refractivity contribution < 1.29 is 5.11 Å². The topological polar surface area (TPSA) is 38.1 Å². The highest BCUT2D eigenvalue weighted by Gasteiger charge is 2.13. The van der Waals surface area contributed by atoms with Crippen molar-refractivity contribution in [3.63, 3.8) is 0 Å². The predicted octanol–water partition coefficient (Wildman–Crippen LogP) is 2.52. The molecule has 96 valence electrons. The molecule has 0 fully saturated rings. The Morgan fingerprint density at radius 3 is 2.61 bits per heavy atom. The van der Waals surface area contributed by atoms with Gasteiger partial charge in [0.25, 0.3) is 0 Å². The first kappa shape index (κ1) is 12.8. The van der Waals surface area contributed by atoms with Crippen LogP contribution in [0.15, 0.2) is 42.7 Å². The van der Waals surface area contributed by atoms with Crippen LogP contribution >= 0.6 is 0 Å². The van der Waals surface area contributed by atoms with Crippen LogP contribution in [0, 0.1) is 0 Å². The van der Waals surface area contributed by atoms with Crippen LogP contribution in [0.5, 0.6) is 0 Å². The smallest absolute Gasteiger partial charge is 0.0587 e. The zero-order valence-corrected chi connectivity index (χ0v) is 11.0. The van der Waals surface area contributed by atoms with Crippen molar-refractivity contribution in [2.75, 3.05) is 0 Å². The lowest BCUT2D eigenvalue weighted by molar-refractivity contribution is 0.157. The standard InChI is InChI=1S/C15H20N2O/c1-12(14-6-4-3-5-7-14)8-15(18)9-13-10-16-17(2)11-13/h3-7,10-12,15,18H,8-9H2,1-2H3. The fraction of sp³-hybridized carbons (Fsp3) is 0.400. The molecule has 0 bridgehead atoms. The fourth-order valence-corrected chi connectivity index (χ4v) is 2.26. The first-order valence-electron chi connectivity index (χ1n) is 6.35. The van der Waals surface area contributed by atoms with Gasteiger partial charge in [-0.3, -0.25) is 4.68 Å². The maximum absolute atomic E-state index is 10.1. The molecule has 0 aliphatic heterocycles. The summed E-state index contributed by atoms with van der Waals surface area (Å²) in [6.07, 6.45) is 4.90. The number of rotatable bonds is 5. The second kappa shape index (κ2) is 5.83. The summed E-state index contributed by atoms with van der Waals surface area (Å²) in [5.41, 5.74) is 2.37. The monoisotopic (exact) mass is 244 g/mol. The van der Waals surface area contributed by atoms with Gasteiger partial charge in [0.2, 0.25) is 0 Å². The molecule has 1 N–H and O–H groups in total. The normalized spacial score (nSPS) is 14.4. The van der Waals surface area contributed by atoms with Crippen molar-refractivity contribution in [1.29, 1.82) is 0 Å². The Morgan fingerprint density at radius 2 is 2.00 bits per heavy atom. The van der Waals surface area contributed by atoms with Gasteiger partial charge < -0.3 is 5.11 Å². The van der Waals surface area contributed by atoms with Crippen LogP contribution in [0.3, 0.4) is 0 Å². The van der Waals surface area contributed by atoms with Crippen molar-refractivity contribution >= 4 is 0 Å². The molecule has 0 aliphatic carbocycles. The van der Waals surface area contributed by atoms with Gasteiger partial charge in [0.15, 0.2) is 0 Å². The third-order valence-electron chi connectivity index (χ3n) is 3.22. The van der Waals surface area contributed by atoms with E-state index in [1.54, 1.807) is 4.68 Å². The molecule has 1 aromatic carbocycles. The summed E-state index contributed by atoms with van der Waals surface area (Å²) in [5.74, 6) is 0.373. The van der Waals surface area contributed by atoms with Crippen molar-refractivity contribution in [2.24, 2.45) is 7.05 Å². The molecule has 0 aliphatic rings. The number of hydrogen-bond donors (Lipinski definition) is 1. The largest absolute Gasteiger partial charge is 0.393 e. The Labute approximate surface area is 108 Å². The molecule has 1 aromatic heterocycles. The van der Waals surface area contributed by atoms with E-state index in [9.17, 15) is 5.11 Å². The summed E-state index contributed by atoms with van der Waals surface area (Å²) in [6.45, 7) is 2.15.